The van der Waals surface area contributed by atoms with Gasteiger partial charge in [0.2, 0.25) is 0 Å². The first-order valence-electron chi connectivity index (χ1n) is 6.63. The number of aromatic amines is 1. The maximum atomic E-state index is 13.8. The number of halogens is 2. The van der Waals surface area contributed by atoms with E-state index in [0.717, 1.165) is 17.2 Å². The van der Waals surface area contributed by atoms with Crippen LogP contribution in [0, 0.1) is 23.3 Å². The Kier molecular flexibility index (Phi) is 3.37. The Balaban J connectivity index is 2.22. The van der Waals surface area contributed by atoms with Gasteiger partial charge in [-0.15, -0.1) is 0 Å². The molecule has 2 aromatic carbocycles. The van der Waals surface area contributed by atoms with Gasteiger partial charge in [-0.1, -0.05) is 29.8 Å². The van der Waals surface area contributed by atoms with E-state index in [1.165, 1.54) is 6.07 Å². The van der Waals surface area contributed by atoms with Gasteiger partial charge in [0.05, 0.1) is 11.6 Å². The van der Waals surface area contributed by atoms with Crippen molar-refractivity contribution < 1.29 is 8.78 Å². The number of hydrogen-bond donors (Lipinski definition) is 1. The molecule has 3 aromatic rings. The molecule has 0 saturated carbocycles. The Morgan fingerprint density at radius 3 is 2.48 bits per heavy atom. The van der Waals surface area contributed by atoms with Crippen molar-refractivity contribution in [3.63, 3.8) is 0 Å². The Hall–Kier alpha value is -2.01. The molecular weight excluding hydrogens is 290 g/mol. The quantitative estimate of drug-likeness (QED) is 0.668. The zero-order chi connectivity index (χ0) is 15.1. The molecule has 0 bridgehead atoms. The van der Waals surface area contributed by atoms with Gasteiger partial charge >= 0.3 is 0 Å². The first kappa shape index (κ1) is 13.9. The number of rotatable bonds is 2. The second kappa shape index (κ2) is 5.07. The van der Waals surface area contributed by atoms with Gasteiger partial charge in [-0.05, 0) is 37.7 Å². The molecule has 2 nitrogen and oxygen atoms in total. The number of imidazole rings is 1. The monoisotopic (exact) mass is 304 g/mol. The standard InChI is InChI=1S/C16H14F2N2S/c1-9-3-5-11(6-4-9)10(2)20-14-8-12(17)7-13(18)15(14)19-16(20)21/h3-8,10H,1-2H3,(H,19,21). The number of nitrogens with one attached hydrogen (secondary N) is 1. The maximum Gasteiger partial charge on any atom is 0.178 e. The van der Waals surface area contributed by atoms with Crippen LogP contribution in [-0.2, 0) is 0 Å². The van der Waals surface area contributed by atoms with Crippen LogP contribution in [0.25, 0.3) is 11.0 Å². The molecule has 1 heterocycles. The van der Waals surface area contributed by atoms with Crippen molar-refractivity contribution in [2.24, 2.45) is 0 Å². The molecule has 3 rings (SSSR count). The van der Waals surface area contributed by atoms with E-state index in [1.807, 2.05) is 38.1 Å². The molecule has 0 radical (unpaired) electrons. The summed E-state index contributed by atoms with van der Waals surface area (Å²) in [6.45, 7) is 3.97. The van der Waals surface area contributed by atoms with E-state index in [-0.39, 0.29) is 11.6 Å². The summed E-state index contributed by atoms with van der Waals surface area (Å²) in [6, 6.07) is 10.0. The smallest absolute Gasteiger partial charge is 0.178 e. The van der Waals surface area contributed by atoms with Gasteiger partial charge in [-0.3, -0.25) is 0 Å². The molecular formula is C16H14F2N2S. The van der Waals surface area contributed by atoms with Gasteiger partial charge < -0.3 is 9.55 Å². The zero-order valence-corrected chi connectivity index (χ0v) is 12.5. The average molecular weight is 304 g/mol. The summed E-state index contributed by atoms with van der Waals surface area (Å²) in [5.74, 6) is -1.25. The van der Waals surface area contributed by atoms with Crippen LogP contribution in [0.3, 0.4) is 0 Å². The van der Waals surface area contributed by atoms with Crippen molar-refractivity contribution in [3.8, 4) is 0 Å². The summed E-state index contributed by atoms with van der Waals surface area (Å²) in [7, 11) is 0. The van der Waals surface area contributed by atoms with Crippen LogP contribution in [0.5, 0.6) is 0 Å². The molecule has 0 saturated heterocycles. The molecule has 0 aliphatic heterocycles. The molecule has 1 atom stereocenters. The van der Waals surface area contributed by atoms with Gasteiger partial charge in [0, 0.05) is 6.07 Å². The van der Waals surface area contributed by atoms with Crippen LogP contribution in [-0.4, -0.2) is 9.55 Å². The van der Waals surface area contributed by atoms with E-state index in [2.05, 4.69) is 4.98 Å². The van der Waals surface area contributed by atoms with Gasteiger partial charge in [0.25, 0.3) is 0 Å². The Labute approximate surface area is 126 Å². The topological polar surface area (TPSA) is 20.7 Å². The largest absolute Gasteiger partial charge is 0.328 e. The zero-order valence-electron chi connectivity index (χ0n) is 11.7. The minimum absolute atomic E-state index is 0.118. The second-order valence-electron chi connectivity index (χ2n) is 5.17. The molecule has 21 heavy (non-hydrogen) atoms. The fraction of sp³-hybridized carbons (Fsp3) is 0.188. The first-order chi connectivity index (χ1) is 9.97. The van der Waals surface area contributed by atoms with E-state index in [9.17, 15) is 8.78 Å². The molecule has 1 aromatic heterocycles. The number of hydrogen-bond acceptors (Lipinski definition) is 1. The molecule has 0 aliphatic rings. The number of aryl methyl sites for hydroxylation is 1. The van der Waals surface area contributed by atoms with Gasteiger partial charge in [-0.2, -0.15) is 0 Å². The Morgan fingerprint density at radius 2 is 1.81 bits per heavy atom. The second-order valence-corrected chi connectivity index (χ2v) is 5.56. The van der Waals surface area contributed by atoms with E-state index >= 15 is 0 Å². The highest BCUT2D eigenvalue weighted by Crippen LogP contribution is 2.26. The third-order valence-corrected chi connectivity index (χ3v) is 3.99. The lowest BCUT2D eigenvalue weighted by molar-refractivity contribution is 0.588. The number of aromatic nitrogens is 2. The summed E-state index contributed by atoms with van der Waals surface area (Å²) < 4.78 is 29.4. The summed E-state index contributed by atoms with van der Waals surface area (Å²) in [5.41, 5.74) is 2.86. The van der Waals surface area contributed by atoms with E-state index in [1.54, 1.807) is 4.57 Å². The summed E-state index contributed by atoms with van der Waals surface area (Å²) in [5, 5.41) is 0. The summed E-state index contributed by atoms with van der Waals surface area (Å²) in [6.07, 6.45) is 0. The highest BCUT2D eigenvalue weighted by Gasteiger charge is 2.16. The van der Waals surface area contributed by atoms with Crippen LogP contribution in [0.15, 0.2) is 36.4 Å². The van der Waals surface area contributed by atoms with Crippen molar-refractivity contribution in [2.75, 3.05) is 0 Å². The van der Waals surface area contributed by atoms with Crippen LogP contribution in [0.2, 0.25) is 0 Å². The number of nitrogens with zero attached hydrogens (tertiary/aromatic N) is 1. The predicted octanol–water partition coefficient (Wildman–Crippen LogP) is 4.89. The highest BCUT2D eigenvalue weighted by atomic mass is 32.1. The Morgan fingerprint density at radius 1 is 1.14 bits per heavy atom. The fourth-order valence-corrected chi connectivity index (χ4v) is 2.89. The van der Waals surface area contributed by atoms with Gasteiger partial charge in [-0.25, -0.2) is 8.78 Å². The molecule has 0 aliphatic carbocycles. The van der Waals surface area contributed by atoms with E-state index < -0.39 is 11.6 Å². The van der Waals surface area contributed by atoms with Crippen molar-refractivity contribution in [2.45, 2.75) is 19.9 Å². The summed E-state index contributed by atoms with van der Waals surface area (Å²) >= 11 is 5.28. The van der Waals surface area contributed by atoms with Crippen LogP contribution >= 0.6 is 12.2 Å². The molecule has 1 N–H and O–H groups in total. The SMILES string of the molecule is Cc1ccc(C(C)n2c(=S)[nH]c3c(F)cc(F)cc32)cc1. The van der Waals surface area contributed by atoms with Crippen LogP contribution < -0.4 is 0 Å². The van der Waals surface area contributed by atoms with Gasteiger partial charge in [0.1, 0.15) is 11.3 Å². The minimum Gasteiger partial charge on any atom is -0.328 e. The third-order valence-electron chi connectivity index (χ3n) is 3.69. The maximum absolute atomic E-state index is 13.8. The van der Waals surface area contributed by atoms with Crippen LogP contribution in [0.4, 0.5) is 8.78 Å². The van der Waals surface area contributed by atoms with Crippen molar-refractivity contribution in [1.82, 2.24) is 9.55 Å². The van der Waals surface area contributed by atoms with Crippen LogP contribution in [0.1, 0.15) is 24.1 Å². The Bertz CT molecular complexity index is 862. The minimum atomic E-state index is -0.633. The predicted molar refractivity (Wildman–Crippen MR) is 82.0 cm³/mol. The van der Waals surface area contributed by atoms with Crippen molar-refractivity contribution in [1.29, 1.82) is 0 Å². The normalized spacial score (nSPS) is 12.8. The lowest BCUT2D eigenvalue weighted by atomic mass is 10.1. The number of H-pyrrole nitrogens is 1. The molecule has 5 heteroatoms. The summed E-state index contributed by atoms with van der Waals surface area (Å²) in [4.78, 5) is 2.82. The van der Waals surface area contributed by atoms with E-state index in [4.69, 9.17) is 12.2 Å². The molecule has 1 unspecified atom stereocenters. The lowest BCUT2D eigenvalue weighted by Gasteiger charge is -2.15. The van der Waals surface area contributed by atoms with E-state index in [0.29, 0.717) is 10.3 Å². The number of benzene rings is 2. The number of fused-ring (bicyclic) bond motifs is 1. The lowest BCUT2D eigenvalue weighted by Crippen LogP contribution is -2.07. The van der Waals surface area contributed by atoms with Gasteiger partial charge in [0.15, 0.2) is 10.6 Å². The fourth-order valence-electron chi connectivity index (χ4n) is 2.53. The molecule has 108 valence electrons. The molecule has 0 spiro atoms. The molecule has 0 amide bonds. The van der Waals surface area contributed by atoms with Crippen molar-refractivity contribution in [3.05, 3.63) is 63.9 Å². The highest BCUT2D eigenvalue weighted by molar-refractivity contribution is 7.71. The first-order valence-corrected chi connectivity index (χ1v) is 7.04. The molecule has 0 fully saturated rings. The van der Waals surface area contributed by atoms with Crippen molar-refractivity contribution >= 4 is 23.3 Å². The third kappa shape index (κ3) is 2.38. The average Bonchev–Trinajstić information content (AvgIpc) is 2.75.